The topological polar surface area (TPSA) is 46.2 Å². The van der Waals surface area contributed by atoms with Gasteiger partial charge in [0.05, 0.1) is 4.90 Å². The zero-order chi connectivity index (χ0) is 21.0. The highest BCUT2D eigenvalue weighted by Crippen LogP contribution is 2.43. The van der Waals surface area contributed by atoms with Crippen molar-refractivity contribution in [1.82, 2.24) is 4.72 Å². The van der Waals surface area contributed by atoms with Gasteiger partial charge in [0.2, 0.25) is 10.0 Å². The Morgan fingerprint density at radius 1 is 0.933 bits per heavy atom. The number of hydrogen-bond acceptors (Lipinski definition) is 3. The molecule has 0 saturated heterocycles. The Kier molecular flexibility index (Phi) is 6.51. The van der Waals surface area contributed by atoms with E-state index in [1.165, 1.54) is 17.5 Å². The molecule has 1 fully saturated rings. The number of sulfonamides is 1. The van der Waals surface area contributed by atoms with Crippen molar-refractivity contribution in [2.75, 3.05) is 18.6 Å². The van der Waals surface area contributed by atoms with E-state index in [0.29, 0.717) is 11.4 Å². The molecule has 3 nitrogen and oxygen atoms in total. The van der Waals surface area contributed by atoms with Gasteiger partial charge in [0.15, 0.2) is 0 Å². The second-order valence-corrected chi connectivity index (χ2v) is 11.1. The van der Waals surface area contributed by atoms with Gasteiger partial charge in [0.25, 0.3) is 0 Å². The van der Waals surface area contributed by atoms with Crippen molar-refractivity contribution in [3.05, 3.63) is 77.9 Å². The predicted molar refractivity (Wildman–Crippen MR) is 128 cm³/mol. The summed E-state index contributed by atoms with van der Waals surface area (Å²) in [6, 6.07) is 22.0. The van der Waals surface area contributed by atoms with E-state index in [9.17, 15) is 8.42 Å². The molecule has 0 amide bonds. The van der Waals surface area contributed by atoms with Crippen LogP contribution in [0.15, 0.2) is 71.6 Å². The first-order valence-corrected chi connectivity index (χ1v) is 13.4. The van der Waals surface area contributed by atoms with Crippen LogP contribution in [-0.2, 0) is 22.9 Å². The molecule has 158 valence electrons. The van der Waals surface area contributed by atoms with Crippen molar-refractivity contribution in [3.8, 4) is 0 Å². The fourth-order valence-electron chi connectivity index (χ4n) is 4.33. The van der Waals surface area contributed by atoms with Crippen LogP contribution in [0.5, 0.6) is 0 Å². The van der Waals surface area contributed by atoms with Crippen LogP contribution < -0.4 is 4.72 Å². The Balaban J connectivity index is 1.47. The molecule has 1 aliphatic rings. The summed E-state index contributed by atoms with van der Waals surface area (Å²) in [7, 11) is -3.56. The molecule has 0 atom stereocenters. The normalized spacial score (nSPS) is 15.8. The standard InChI is InChI=1S/C25H29NO2S2/c1-29-17-14-20-10-12-21(13-11-20)18-25(15-5-16-25)19-26-30(27,28)24-9-4-7-22-6-2-3-8-23(22)24/h2-4,6-13,26H,5,14-19H2,1H3. The Morgan fingerprint density at radius 2 is 1.63 bits per heavy atom. The Morgan fingerprint density at radius 3 is 2.33 bits per heavy atom. The molecule has 1 aliphatic carbocycles. The Bertz CT molecular complexity index is 1100. The highest BCUT2D eigenvalue weighted by Gasteiger charge is 2.38. The molecule has 30 heavy (non-hydrogen) atoms. The second kappa shape index (κ2) is 9.13. The van der Waals surface area contributed by atoms with Crippen molar-refractivity contribution in [3.63, 3.8) is 0 Å². The predicted octanol–water partition coefficient (Wildman–Crippen LogP) is 5.44. The summed E-state index contributed by atoms with van der Waals surface area (Å²) in [4.78, 5) is 0.369. The van der Waals surface area contributed by atoms with E-state index in [0.717, 1.165) is 42.2 Å². The first kappa shape index (κ1) is 21.4. The van der Waals surface area contributed by atoms with Crippen molar-refractivity contribution in [2.45, 2.75) is 37.0 Å². The summed E-state index contributed by atoms with van der Waals surface area (Å²) in [5, 5.41) is 1.72. The minimum absolute atomic E-state index is 0.0262. The maximum absolute atomic E-state index is 13.1. The highest BCUT2D eigenvalue weighted by atomic mass is 32.2. The first-order chi connectivity index (χ1) is 14.5. The number of benzene rings is 3. The maximum atomic E-state index is 13.1. The van der Waals surface area contributed by atoms with Crippen LogP contribution in [0.1, 0.15) is 30.4 Å². The van der Waals surface area contributed by atoms with Gasteiger partial charge in [0, 0.05) is 11.9 Å². The van der Waals surface area contributed by atoms with E-state index in [-0.39, 0.29) is 5.41 Å². The van der Waals surface area contributed by atoms with Crippen LogP contribution >= 0.6 is 11.8 Å². The summed E-state index contributed by atoms with van der Waals surface area (Å²) >= 11 is 1.87. The van der Waals surface area contributed by atoms with Gasteiger partial charge in [0.1, 0.15) is 0 Å². The molecule has 0 heterocycles. The van der Waals surface area contributed by atoms with Crippen molar-refractivity contribution >= 4 is 32.6 Å². The van der Waals surface area contributed by atoms with Crippen molar-refractivity contribution in [1.29, 1.82) is 0 Å². The molecule has 3 aromatic carbocycles. The SMILES string of the molecule is CSCCc1ccc(CC2(CNS(=O)(=O)c3cccc4ccccc34)CCC2)cc1. The smallest absolute Gasteiger partial charge is 0.211 e. The summed E-state index contributed by atoms with van der Waals surface area (Å²) in [6.07, 6.45) is 7.46. The lowest BCUT2D eigenvalue weighted by Crippen LogP contribution is -2.43. The number of rotatable bonds is 9. The number of thioether (sulfide) groups is 1. The van der Waals surface area contributed by atoms with Crippen molar-refractivity contribution in [2.24, 2.45) is 5.41 Å². The average Bonchev–Trinajstić information content (AvgIpc) is 2.74. The van der Waals surface area contributed by atoms with Crippen LogP contribution in [-0.4, -0.2) is 27.0 Å². The van der Waals surface area contributed by atoms with Gasteiger partial charge in [-0.1, -0.05) is 67.1 Å². The largest absolute Gasteiger partial charge is 0.241 e. The van der Waals surface area contributed by atoms with Crippen LogP contribution in [0.4, 0.5) is 0 Å². The molecule has 1 N–H and O–H groups in total. The molecule has 4 rings (SSSR count). The third kappa shape index (κ3) is 4.74. The zero-order valence-corrected chi connectivity index (χ0v) is 19.1. The monoisotopic (exact) mass is 439 g/mol. The number of nitrogens with one attached hydrogen (secondary N) is 1. The summed E-state index contributed by atoms with van der Waals surface area (Å²) in [5.74, 6) is 1.14. The van der Waals surface area contributed by atoms with Gasteiger partial charge in [-0.05, 0) is 65.7 Å². The van der Waals surface area contributed by atoms with E-state index in [1.807, 2.05) is 48.2 Å². The molecule has 0 spiro atoms. The van der Waals surface area contributed by atoms with Gasteiger partial charge in [-0.2, -0.15) is 11.8 Å². The minimum Gasteiger partial charge on any atom is -0.211 e. The highest BCUT2D eigenvalue weighted by molar-refractivity contribution is 7.98. The number of fused-ring (bicyclic) bond motifs is 1. The summed E-state index contributed by atoms with van der Waals surface area (Å²) < 4.78 is 29.2. The molecule has 0 unspecified atom stereocenters. The van der Waals surface area contributed by atoms with Gasteiger partial charge in [-0.3, -0.25) is 0 Å². The average molecular weight is 440 g/mol. The molecule has 3 aromatic rings. The molecule has 0 aromatic heterocycles. The van der Waals surface area contributed by atoms with Gasteiger partial charge in [-0.25, -0.2) is 13.1 Å². The van der Waals surface area contributed by atoms with E-state index in [2.05, 4.69) is 35.2 Å². The quantitative estimate of drug-likeness (QED) is 0.483. The second-order valence-electron chi connectivity index (χ2n) is 8.39. The first-order valence-electron chi connectivity index (χ1n) is 10.6. The van der Waals surface area contributed by atoms with Gasteiger partial charge in [-0.15, -0.1) is 0 Å². The summed E-state index contributed by atoms with van der Waals surface area (Å²) in [5.41, 5.74) is 2.69. The fourth-order valence-corrected chi connectivity index (χ4v) is 6.15. The lowest BCUT2D eigenvalue weighted by atomic mass is 9.65. The van der Waals surface area contributed by atoms with E-state index in [1.54, 1.807) is 6.07 Å². The molecule has 0 bridgehead atoms. The number of hydrogen-bond donors (Lipinski definition) is 1. The minimum atomic E-state index is -3.56. The van der Waals surface area contributed by atoms with Gasteiger partial charge < -0.3 is 0 Å². The van der Waals surface area contributed by atoms with Crippen LogP contribution in [0, 0.1) is 5.41 Å². The molecule has 5 heteroatoms. The lowest BCUT2D eigenvalue weighted by molar-refractivity contribution is 0.139. The zero-order valence-electron chi connectivity index (χ0n) is 17.4. The van der Waals surface area contributed by atoms with Crippen LogP contribution in [0.3, 0.4) is 0 Å². The third-order valence-electron chi connectivity index (χ3n) is 6.29. The molecular weight excluding hydrogens is 410 g/mol. The Hall–Kier alpha value is -1.82. The van der Waals surface area contributed by atoms with E-state index < -0.39 is 10.0 Å². The van der Waals surface area contributed by atoms with Crippen LogP contribution in [0.2, 0.25) is 0 Å². The molecule has 0 radical (unpaired) electrons. The van der Waals surface area contributed by atoms with Crippen molar-refractivity contribution < 1.29 is 8.42 Å². The van der Waals surface area contributed by atoms with E-state index >= 15 is 0 Å². The van der Waals surface area contributed by atoms with Crippen LogP contribution in [0.25, 0.3) is 10.8 Å². The summed E-state index contributed by atoms with van der Waals surface area (Å²) in [6.45, 7) is 0.493. The molecular formula is C25H29NO2S2. The fraction of sp³-hybridized carbons (Fsp3) is 0.360. The molecule has 1 saturated carbocycles. The van der Waals surface area contributed by atoms with Gasteiger partial charge >= 0.3 is 0 Å². The van der Waals surface area contributed by atoms with E-state index in [4.69, 9.17) is 0 Å². The molecule has 0 aliphatic heterocycles. The maximum Gasteiger partial charge on any atom is 0.241 e. The number of aryl methyl sites for hydroxylation is 1. The third-order valence-corrected chi connectivity index (χ3v) is 8.36. The Labute approximate surface area is 184 Å². The lowest BCUT2D eigenvalue weighted by Gasteiger charge is -2.42.